The van der Waals surface area contributed by atoms with Crippen molar-refractivity contribution in [1.29, 1.82) is 0 Å². The Morgan fingerprint density at radius 2 is 1.97 bits per heavy atom. The van der Waals surface area contributed by atoms with Gasteiger partial charge in [-0.1, -0.05) is 36.4 Å². The molecule has 8 nitrogen and oxygen atoms in total. The molecule has 1 unspecified atom stereocenters. The lowest BCUT2D eigenvalue weighted by atomic mass is 10.1. The Hall–Kier alpha value is -3.70. The molecule has 204 valence electrons. The zero-order valence-corrected chi connectivity index (χ0v) is 22.0. The average molecular weight is 556 g/mol. The number of aromatic nitrogens is 1. The summed E-state index contributed by atoms with van der Waals surface area (Å²) in [6, 6.07) is 12.0. The highest BCUT2D eigenvalue weighted by atomic mass is 32.2. The Kier molecular flexibility index (Phi) is 7.99. The number of pyridine rings is 1. The van der Waals surface area contributed by atoms with Gasteiger partial charge in [-0.15, -0.1) is 0 Å². The van der Waals surface area contributed by atoms with Crippen LogP contribution in [0.5, 0.6) is 5.75 Å². The van der Waals surface area contributed by atoms with Crippen molar-refractivity contribution in [1.82, 2.24) is 14.8 Å². The minimum absolute atomic E-state index is 0.0120. The molecule has 1 fully saturated rings. The summed E-state index contributed by atoms with van der Waals surface area (Å²) in [5, 5.41) is 2.51. The van der Waals surface area contributed by atoms with Crippen LogP contribution in [0.1, 0.15) is 38.4 Å². The van der Waals surface area contributed by atoms with Gasteiger partial charge in [0.05, 0.1) is 19.2 Å². The van der Waals surface area contributed by atoms with Crippen LogP contribution in [-0.2, 0) is 24.4 Å². The molecule has 3 aromatic rings. The Balaban J connectivity index is 1.48. The second-order valence-electron chi connectivity index (χ2n) is 9.33. The lowest BCUT2D eigenvalue weighted by Crippen LogP contribution is -2.50. The number of fused-ring (bicyclic) bond motifs is 2. The Morgan fingerprint density at radius 1 is 1.18 bits per heavy atom. The molecule has 0 bridgehead atoms. The van der Waals surface area contributed by atoms with Gasteiger partial charge in [0, 0.05) is 24.4 Å². The largest absolute Gasteiger partial charge is 0.483 e. The molecule has 3 heterocycles. The van der Waals surface area contributed by atoms with Crippen LogP contribution >= 0.6 is 11.8 Å². The summed E-state index contributed by atoms with van der Waals surface area (Å²) in [7, 11) is 0. The second kappa shape index (κ2) is 11.6. The molecule has 1 N–H and O–H groups in total. The summed E-state index contributed by atoms with van der Waals surface area (Å²) in [5.41, 5.74) is -0.108. The van der Waals surface area contributed by atoms with Gasteiger partial charge in [0.25, 0.3) is 11.8 Å². The third-order valence-electron chi connectivity index (χ3n) is 6.79. The predicted molar refractivity (Wildman–Crippen MR) is 142 cm³/mol. The van der Waals surface area contributed by atoms with Crippen LogP contribution in [0.25, 0.3) is 0 Å². The number of halogens is 2. The zero-order chi connectivity index (χ0) is 27.5. The van der Waals surface area contributed by atoms with E-state index in [2.05, 4.69) is 5.32 Å². The van der Waals surface area contributed by atoms with Crippen molar-refractivity contribution in [2.45, 2.75) is 38.4 Å². The quantitative estimate of drug-likeness (QED) is 0.434. The Bertz CT molecular complexity index is 1450. The van der Waals surface area contributed by atoms with Crippen LogP contribution in [0.3, 0.4) is 0 Å². The first-order valence-corrected chi connectivity index (χ1v) is 13.9. The van der Waals surface area contributed by atoms with Crippen LogP contribution < -0.4 is 15.5 Å². The first-order valence-electron chi connectivity index (χ1n) is 12.5. The third-order valence-corrected chi connectivity index (χ3v) is 7.44. The number of nitrogens with one attached hydrogen (secondary N) is 1. The SMILES string of the molecule is CSCC[C@H]1COC2Cn3cc(C(=O)NCc4ccc(F)cc4F)c(=O)c(OCc4ccccc4)c3C(=O)N21. The van der Waals surface area contributed by atoms with E-state index in [0.717, 1.165) is 29.9 Å². The fourth-order valence-corrected chi connectivity index (χ4v) is 5.29. The fraction of sp³-hybridized carbons (Fsp3) is 0.321. The first-order chi connectivity index (χ1) is 18.9. The maximum absolute atomic E-state index is 14.1. The molecule has 0 spiro atoms. The standard InChI is InChI=1S/C28H27F2N3O5S/c1-39-10-9-20-16-37-23-14-32-13-21(27(35)31-12-18-7-8-19(29)11-22(18)30)25(34)26(24(32)28(36)33(20)23)38-15-17-5-3-2-4-6-17/h2-8,11,13,20,23H,9-10,12,14-16H2,1H3,(H,31,35)/t20-,23?/m0/s1. The molecule has 0 saturated carbocycles. The van der Waals surface area contributed by atoms with Gasteiger partial charge in [-0.2, -0.15) is 11.8 Å². The highest BCUT2D eigenvalue weighted by Crippen LogP contribution is 2.32. The van der Waals surface area contributed by atoms with E-state index in [-0.39, 0.29) is 48.3 Å². The van der Waals surface area contributed by atoms with E-state index >= 15 is 0 Å². The molecular weight excluding hydrogens is 528 g/mol. The molecule has 0 radical (unpaired) electrons. The lowest BCUT2D eigenvalue weighted by molar-refractivity contribution is 0.00545. The van der Waals surface area contributed by atoms with E-state index in [1.165, 1.54) is 16.8 Å². The molecule has 2 aliphatic rings. The maximum atomic E-state index is 14.1. The van der Waals surface area contributed by atoms with E-state index in [4.69, 9.17) is 9.47 Å². The van der Waals surface area contributed by atoms with Crippen LogP contribution in [-0.4, -0.2) is 52.2 Å². The van der Waals surface area contributed by atoms with Crippen molar-refractivity contribution in [2.75, 3.05) is 18.6 Å². The minimum Gasteiger partial charge on any atom is -0.483 e. The predicted octanol–water partition coefficient (Wildman–Crippen LogP) is 3.57. The number of ether oxygens (including phenoxy) is 2. The maximum Gasteiger partial charge on any atom is 0.276 e. The van der Waals surface area contributed by atoms with Crippen molar-refractivity contribution in [3.05, 3.63) is 99.0 Å². The molecular formula is C28H27F2N3O5S. The number of nitrogens with zero attached hydrogens (tertiary/aromatic N) is 2. The van der Waals surface area contributed by atoms with Gasteiger partial charge in [-0.25, -0.2) is 8.78 Å². The van der Waals surface area contributed by atoms with Crippen LogP contribution in [0.4, 0.5) is 8.78 Å². The molecule has 39 heavy (non-hydrogen) atoms. The van der Waals surface area contributed by atoms with Gasteiger partial charge < -0.3 is 24.3 Å². The second-order valence-corrected chi connectivity index (χ2v) is 10.3. The molecule has 5 rings (SSSR count). The topological polar surface area (TPSA) is 89.9 Å². The van der Waals surface area contributed by atoms with Crippen molar-refractivity contribution in [2.24, 2.45) is 0 Å². The summed E-state index contributed by atoms with van der Waals surface area (Å²) in [5.74, 6) is -2.09. The first kappa shape index (κ1) is 26.9. The summed E-state index contributed by atoms with van der Waals surface area (Å²) in [6.07, 6.45) is 3.52. The van der Waals surface area contributed by atoms with E-state index in [0.29, 0.717) is 6.61 Å². The molecule has 2 aliphatic heterocycles. The Morgan fingerprint density at radius 3 is 2.72 bits per heavy atom. The van der Waals surface area contributed by atoms with E-state index in [1.807, 2.05) is 36.6 Å². The molecule has 2 amide bonds. The lowest BCUT2D eigenvalue weighted by Gasteiger charge is -2.35. The molecule has 2 aromatic carbocycles. The average Bonchev–Trinajstić information content (AvgIpc) is 3.34. The number of rotatable bonds is 9. The summed E-state index contributed by atoms with van der Waals surface area (Å²) >= 11 is 1.68. The van der Waals surface area contributed by atoms with Crippen molar-refractivity contribution in [3.63, 3.8) is 0 Å². The number of carbonyl (C=O) groups is 2. The molecule has 2 atom stereocenters. The van der Waals surface area contributed by atoms with Gasteiger partial charge in [0.15, 0.2) is 17.7 Å². The fourth-order valence-electron chi connectivity index (χ4n) is 4.79. The van der Waals surface area contributed by atoms with E-state index in [9.17, 15) is 23.2 Å². The molecule has 1 aromatic heterocycles. The number of hydrogen-bond acceptors (Lipinski definition) is 6. The molecule has 0 aliphatic carbocycles. The molecule has 11 heteroatoms. The van der Waals surface area contributed by atoms with Gasteiger partial charge in [0.1, 0.15) is 23.8 Å². The number of thioether (sulfide) groups is 1. The third kappa shape index (κ3) is 5.55. The van der Waals surface area contributed by atoms with Gasteiger partial charge >= 0.3 is 0 Å². The van der Waals surface area contributed by atoms with Gasteiger partial charge in [-0.05, 0) is 30.1 Å². The number of amides is 2. The monoisotopic (exact) mass is 555 g/mol. The Labute approximate surface area is 227 Å². The highest BCUT2D eigenvalue weighted by Gasteiger charge is 2.44. The van der Waals surface area contributed by atoms with Crippen molar-refractivity contribution < 1.29 is 27.8 Å². The number of benzene rings is 2. The molecule has 1 saturated heterocycles. The van der Waals surface area contributed by atoms with Crippen LogP contribution in [0.2, 0.25) is 0 Å². The van der Waals surface area contributed by atoms with Gasteiger partial charge in [0.2, 0.25) is 5.43 Å². The van der Waals surface area contributed by atoms with Crippen molar-refractivity contribution in [3.8, 4) is 5.75 Å². The normalized spacial score (nSPS) is 18.0. The number of hydrogen-bond donors (Lipinski definition) is 1. The van der Waals surface area contributed by atoms with Crippen LogP contribution in [0, 0.1) is 11.6 Å². The smallest absolute Gasteiger partial charge is 0.276 e. The van der Waals surface area contributed by atoms with Crippen LogP contribution in [0.15, 0.2) is 59.5 Å². The zero-order valence-electron chi connectivity index (χ0n) is 21.2. The summed E-state index contributed by atoms with van der Waals surface area (Å²) in [4.78, 5) is 42.1. The highest BCUT2D eigenvalue weighted by molar-refractivity contribution is 7.98. The van der Waals surface area contributed by atoms with E-state index in [1.54, 1.807) is 16.7 Å². The number of carbonyl (C=O) groups excluding carboxylic acids is 2. The summed E-state index contributed by atoms with van der Waals surface area (Å²) < 4.78 is 40.7. The summed E-state index contributed by atoms with van der Waals surface area (Å²) in [6.45, 7) is 0.345. The van der Waals surface area contributed by atoms with E-state index < -0.39 is 35.1 Å². The van der Waals surface area contributed by atoms with Crippen molar-refractivity contribution >= 4 is 23.6 Å². The minimum atomic E-state index is -0.815. The van der Waals surface area contributed by atoms with Gasteiger partial charge in [-0.3, -0.25) is 14.4 Å².